The van der Waals surface area contributed by atoms with E-state index in [9.17, 15) is 0 Å². The van der Waals surface area contributed by atoms with E-state index in [4.69, 9.17) is 23.2 Å². The van der Waals surface area contributed by atoms with Crippen LogP contribution in [0.25, 0.3) is 11.0 Å². The molecule has 0 radical (unpaired) electrons. The van der Waals surface area contributed by atoms with Crippen LogP contribution in [0, 0.1) is 0 Å². The predicted octanol–water partition coefficient (Wildman–Crippen LogP) is 4.29. The lowest BCUT2D eigenvalue weighted by Crippen LogP contribution is -1.97. The van der Waals surface area contributed by atoms with Gasteiger partial charge in [-0.3, -0.25) is 0 Å². The average Bonchev–Trinajstić information content (AvgIpc) is 2.86. The van der Waals surface area contributed by atoms with Gasteiger partial charge in [-0.2, -0.15) is 8.75 Å². The third-order valence-electron chi connectivity index (χ3n) is 2.37. The number of hydrogen-bond acceptors (Lipinski definition) is 6. The van der Waals surface area contributed by atoms with Crippen molar-refractivity contribution in [2.24, 2.45) is 0 Å². The highest BCUT2D eigenvalue weighted by atomic mass is 79.9. The van der Waals surface area contributed by atoms with Gasteiger partial charge in [0.15, 0.2) is 0 Å². The van der Waals surface area contributed by atoms with Crippen LogP contribution in [-0.4, -0.2) is 18.7 Å². The molecule has 0 saturated heterocycles. The fraction of sp³-hybridized carbons (Fsp3) is 0. The lowest BCUT2D eigenvalue weighted by molar-refractivity contribution is 1.15. The molecule has 0 saturated carbocycles. The SMILES string of the molecule is Clc1ccc2nsnc2c1Nc1ncnc(Cl)c1Br. The van der Waals surface area contributed by atoms with E-state index < -0.39 is 0 Å². The van der Waals surface area contributed by atoms with E-state index in [0.29, 0.717) is 31.7 Å². The van der Waals surface area contributed by atoms with E-state index in [2.05, 4.69) is 40.0 Å². The summed E-state index contributed by atoms with van der Waals surface area (Å²) in [5.74, 6) is 0.516. The van der Waals surface area contributed by atoms with Gasteiger partial charge in [-0.1, -0.05) is 23.2 Å². The monoisotopic (exact) mass is 375 g/mol. The number of rotatable bonds is 2. The Morgan fingerprint density at radius 1 is 1.16 bits per heavy atom. The van der Waals surface area contributed by atoms with E-state index in [-0.39, 0.29) is 0 Å². The lowest BCUT2D eigenvalue weighted by atomic mass is 10.2. The minimum atomic E-state index is 0.317. The molecule has 0 unspecified atom stereocenters. The van der Waals surface area contributed by atoms with Crippen molar-refractivity contribution in [3.63, 3.8) is 0 Å². The molecular formula is C10H4BrCl2N5S. The highest BCUT2D eigenvalue weighted by molar-refractivity contribution is 9.10. The minimum Gasteiger partial charge on any atom is -0.336 e. The maximum atomic E-state index is 6.18. The lowest BCUT2D eigenvalue weighted by Gasteiger charge is -2.09. The fourth-order valence-electron chi connectivity index (χ4n) is 1.50. The molecular weight excluding hydrogens is 373 g/mol. The maximum absolute atomic E-state index is 6.18. The number of nitrogens with zero attached hydrogens (tertiary/aromatic N) is 4. The number of halogens is 3. The number of anilines is 2. The summed E-state index contributed by atoms with van der Waals surface area (Å²) in [6, 6.07) is 3.57. The van der Waals surface area contributed by atoms with Crippen LogP contribution < -0.4 is 5.32 Å². The summed E-state index contributed by atoms with van der Waals surface area (Å²) >= 11 is 16.6. The molecule has 0 atom stereocenters. The molecule has 2 heterocycles. The van der Waals surface area contributed by atoms with Crippen LogP contribution in [0.4, 0.5) is 11.5 Å². The molecule has 19 heavy (non-hydrogen) atoms. The predicted molar refractivity (Wildman–Crippen MR) is 80.4 cm³/mol. The summed E-state index contributed by atoms with van der Waals surface area (Å²) in [6.07, 6.45) is 1.36. The van der Waals surface area contributed by atoms with Crippen molar-refractivity contribution in [3.05, 3.63) is 33.1 Å². The highest BCUT2D eigenvalue weighted by Crippen LogP contribution is 2.35. The first-order chi connectivity index (χ1) is 9.16. The zero-order valence-electron chi connectivity index (χ0n) is 9.06. The molecule has 0 aliphatic carbocycles. The van der Waals surface area contributed by atoms with Crippen molar-refractivity contribution in [2.75, 3.05) is 5.32 Å². The molecule has 0 fully saturated rings. The topological polar surface area (TPSA) is 63.6 Å². The summed E-state index contributed by atoms with van der Waals surface area (Å²) in [7, 11) is 0. The molecule has 1 N–H and O–H groups in total. The average molecular weight is 377 g/mol. The van der Waals surface area contributed by atoms with Crippen LogP contribution in [0.2, 0.25) is 10.2 Å². The van der Waals surface area contributed by atoms with Crippen LogP contribution in [0.15, 0.2) is 22.9 Å². The number of hydrogen-bond donors (Lipinski definition) is 1. The Labute approximate surface area is 130 Å². The smallest absolute Gasteiger partial charge is 0.149 e. The van der Waals surface area contributed by atoms with Crippen molar-refractivity contribution in [3.8, 4) is 0 Å². The summed E-state index contributed by atoms with van der Waals surface area (Å²) in [5.41, 5.74) is 2.11. The van der Waals surface area contributed by atoms with Gasteiger partial charge < -0.3 is 5.32 Å². The van der Waals surface area contributed by atoms with Gasteiger partial charge in [0.25, 0.3) is 0 Å². The Bertz CT molecular complexity index is 763. The van der Waals surface area contributed by atoms with Gasteiger partial charge in [0.05, 0.1) is 26.9 Å². The van der Waals surface area contributed by atoms with Crippen molar-refractivity contribution >= 4 is 73.4 Å². The largest absolute Gasteiger partial charge is 0.336 e. The fourth-order valence-corrected chi connectivity index (χ4v) is 2.68. The van der Waals surface area contributed by atoms with Crippen LogP contribution in [-0.2, 0) is 0 Å². The molecule has 3 rings (SSSR count). The molecule has 0 bridgehead atoms. The number of fused-ring (bicyclic) bond motifs is 1. The Morgan fingerprint density at radius 2 is 2.00 bits per heavy atom. The Kier molecular flexibility index (Phi) is 3.53. The van der Waals surface area contributed by atoms with Gasteiger partial charge in [0.2, 0.25) is 0 Å². The third-order valence-corrected chi connectivity index (χ3v) is 4.49. The van der Waals surface area contributed by atoms with Gasteiger partial charge in [-0.15, -0.1) is 0 Å². The molecule has 0 aliphatic rings. The second-order valence-electron chi connectivity index (χ2n) is 3.51. The molecule has 0 aliphatic heterocycles. The minimum absolute atomic E-state index is 0.317. The quantitative estimate of drug-likeness (QED) is 0.675. The first-order valence-corrected chi connectivity index (χ1v) is 7.28. The van der Waals surface area contributed by atoms with Crippen LogP contribution in [0.1, 0.15) is 0 Å². The van der Waals surface area contributed by atoms with Crippen molar-refractivity contribution in [2.45, 2.75) is 0 Å². The summed E-state index contributed by atoms with van der Waals surface area (Å²) < 4.78 is 8.95. The Hall–Kier alpha value is -1.02. The first kappa shape index (κ1) is 13.0. The second kappa shape index (κ2) is 5.16. The van der Waals surface area contributed by atoms with Crippen LogP contribution in [0.5, 0.6) is 0 Å². The summed E-state index contributed by atoms with van der Waals surface area (Å²) in [6.45, 7) is 0. The van der Waals surface area contributed by atoms with E-state index in [1.807, 2.05) is 6.07 Å². The van der Waals surface area contributed by atoms with Gasteiger partial charge in [-0.05, 0) is 28.1 Å². The van der Waals surface area contributed by atoms with Crippen molar-refractivity contribution in [1.29, 1.82) is 0 Å². The zero-order chi connectivity index (χ0) is 13.4. The van der Waals surface area contributed by atoms with Gasteiger partial charge >= 0.3 is 0 Å². The van der Waals surface area contributed by atoms with E-state index in [1.54, 1.807) is 6.07 Å². The maximum Gasteiger partial charge on any atom is 0.149 e. The van der Waals surface area contributed by atoms with Gasteiger partial charge in [0, 0.05) is 0 Å². The summed E-state index contributed by atoms with van der Waals surface area (Å²) in [5, 5.41) is 3.95. The van der Waals surface area contributed by atoms with Gasteiger partial charge in [-0.25, -0.2) is 9.97 Å². The second-order valence-corrected chi connectivity index (χ2v) is 5.59. The van der Waals surface area contributed by atoms with Crippen LogP contribution >= 0.6 is 50.9 Å². The van der Waals surface area contributed by atoms with Crippen LogP contribution in [0.3, 0.4) is 0 Å². The molecule has 1 aromatic carbocycles. The zero-order valence-corrected chi connectivity index (χ0v) is 13.0. The van der Waals surface area contributed by atoms with E-state index in [0.717, 1.165) is 17.2 Å². The molecule has 5 nitrogen and oxygen atoms in total. The molecule has 0 amide bonds. The number of benzene rings is 1. The molecule has 9 heteroatoms. The molecule has 3 aromatic rings. The standard InChI is InChI=1S/C10H4BrCl2N5S/c11-6-9(13)14-3-15-10(6)16-7-4(12)1-2-5-8(7)18-19-17-5/h1-3H,(H,14,15,16). The Morgan fingerprint density at radius 3 is 2.84 bits per heavy atom. The van der Waals surface area contributed by atoms with Gasteiger partial charge in [0.1, 0.15) is 28.3 Å². The summed E-state index contributed by atoms with van der Waals surface area (Å²) in [4.78, 5) is 7.97. The first-order valence-electron chi connectivity index (χ1n) is 5.00. The van der Waals surface area contributed by atoms with E-state index >= 15 is 0 Å². The number of nitrogens with one attached hydrogen (secondary N) is 1. The van der Waals surface area contributed by atoms with Crippen molar-refractivity contribution < 1.29 is 0 Å². The highest BCUT2D eigenvalue weighted by Gasteiger charge is 2.13. The van der Waals surface area contributed by atoms with Crippen molar-refractivity contribution in [1.82, 2.24) is 18.7 Å². The molecule has 0 spiro atoms. The Balaban J connectivity index is 2.13. The normalized spacial score (nSPS) is 10.9. The third kappa shape index (κ3) is 2.38. The number of aromatic nitrogens is 4. The molecule has 96 valence electrons. The molecule has 2 aromatic heterocycles. The van der Waals surface area contributed by atoms with E-state index in [1.165, 1.54) is 6.33 Å².